The van der Waals surface area contributed by atoms with E-state index in [9.17, 15) is 9.59 Å². The molecule has 0 spiro atoms. The van der Waals surface area contributed by atoms with Crippen molar-refractivity contribution in [3.63, 3.8) is 0 Å². The van der Waals surface area contributed by atoms with Crippen molar-refractivity contribution in [3.05, 3.63) is 35.4 Å². The summed E-state index contributed by atoms with van der Waals surface area (Å²) in [5, 5.41) is 0. The van der Waals surface area contributed by atoms with Crippen LogP contribution in [-0.4, -0.2) is 38.4 Å². The third-order valence-electron chi connectivity index (χ3n) is 4.28. The summed E-state index contributed by atoms with van der Waals surface area (Å²) in [7, 11) is 2.98. The van der Waals surface area contributed by atoms with Gasteiger partial charge in [-0.25, -0.2) is 4.79 Å². The predicted molar refractivity (Wildman–Crippen MR) is 103 cm³/mol. The lowest BCUT2D eigenvalue weighted by atomic mass is 9.95. The quantitative estimate of drug-likeness (QED) is 0.306. The lowest BCUT2D eigenvalue weighted by molar-refractivity contribution is -0.137. The first-order chi connectivity index (χ1) is 13.3. The third kappa shape index (κ3) is 4.47. The summed E-state index contributed by atoms with van der Waals surface area (Å²) >= 11 is 0. The molecule has 0 fully saturated rings. The van der Waals surface area contributed by atoms with Crippen molar-refractivity contribution in [1.82, 2.24) is 0 Å². The molecule has 0 amide bonds. The lowest BCUT2D eigenvalue weighted by Crippen LogP contribution is -2.27. The second-order valence-corrected chi connectivity index (χ2v) is 6.48. The van der Waals surface area contributed by atoms with Gasteiger partial charge in [0, 0.05) is 30.5 Å². The van der Waals surface area contributed by atoms with Crippen molar-refractivity contribution in [2.24, 2.45) is 0 Å². The van der Waals surface area contributed by atoms with Crippen LogP contribution in [0.3, 0.4) is 0 Å². The van der Waals surface area contributed by atoms with E-state index >= 15 is 0 Å². The van der Waals surface area contributed by atoms with Gasteiger partial charge in [-0.2, -0.15) is 0 Å². The molecule has 7 nitrogen and oxygen atoms in total. The van der Waals surface area contributed by atoms with Crippen molar-refractivity contribution in [1.29, 1.82) is 0 Å². The Morgan fingerprint density at radius 1 is 1.14 bits per heavy atom. The van der Waals surface area contributed by atoms with Crippen LogP contribution in [0, 0.1) is 6.92 Å². The highest BCUT2D eigenvalue weighted by Gasteiger charge is 2.39. The second-order valence-electron chi connectivity index (χ2n) is 6.48. The van der Waals surface area contributed by atoms with E-state index in [2.05, 4.69) is 0 Å². The zero-order valence-corrected chi connectivity index (χ0v) is 17.1. The molecular formula is C21H26O7. The Morgan fingerprint density at radius 2 is 1.82 bits per heavy atom. The summed E-state index contributed by atoms with van der Waals surface area (Å²) < 4.78 is 27.3. The monoisotopic (exact) mass is 390 g/mol. The summed E-state index contributed by atoms with van der Waals surface area (Å²) in [4.78, 5) is 22.9. The number of hydrogen-bond donors (Lipinski definition) is 0. The Labute approximate surface area is 164 Å². The molecule has 0 bridgehead atoms. The molecular weight excluding hydrogens is 364 g/mol. The van der Waals surface area contributed by atoms with Gasteiger partial charge in [0.05, 0.1) is 20.8 Å². The highest BCUT2D eigenvalue weighted by atomic mass is 16.6. The van der Waals surface area contributed by atoms with Crippen molar-refractivity contribution in [2.45, 2.75) is 39.7 Å². The maximum Gasteiger partial charge on any atom is 0.330 e. The number of benzene rings is 1. The number of rotatable bonds is 7. The Bertz CT molecular complexity index is 823. The predicted octanol–water partition coefficient (Wildman–Crippen LogP) is 3.31. The minimum Gasteiger partial charge on any atom is -0.490 e. The average molecular weight is 390 g/mol. The average Bonchev–Trinajstić information content (AvgIpc) is 2.99. The molecule has 0 aliphatic carbocycles. The molecule has 1 heterocycles. The molecule has 0 saturated carbocycles. The highest BCUT2D eigenvalue weighted by Crippen LogP contribution is 2.54. The zero-order chi connectivity index (χ0) is 20.9. The van der Waals surface area contributed by atoms with Crippen LogP contribution in [0.2, 0.25) is 0 Å². The van der Waals surface area contributed by atoms with E-state index in [1.807, 2.05) is 19.9 Å². The SMILES string of the molecule is CCOC(=O)/C=C/C=C/C1(C)Cc2c(C)c(OC(C)=O)c(OC)c(OC)c2O1. The van der Waals surface area contributed by atoms with Crippen LogP contribution < -0.4 is 18.9 Å². The summed E-state index contributed by atoms with van der Waals surface area (Å²) in [6, 6.07) is 0. The van der Waals surface area contributed by atoms with E-state index in [0.717, 1.165) is 11.1 Å². The Hall–Kier alpha value is -2.96. The zero-order valence-electron chi connectivity index (χ0n) is 17.1. The summed E-state index contributed by atoms with van der Waals surface area (Å²) in [6.07, 6.45) is 7.06. The van der Waals surface area contributed by atoms with Crippen molar-refractivity contribution >= 4 is 11.9 Å². The van der Waals surface area contributed by atoms with Gasteiger partial charge < -0.3 is 23.7 Å². The number of hydrogen-bond acceptors (Lipinski definition) is 7. The van der Waals surface area contributed by atoms with Gasteiger partial charge in [-0.05, 0) is 26.8 Å². The number of ether oxygens (including phenoxy) is 5. The van der Waals surface area contributed by atoms with E-state index in [4.69, 9.17) is 23.7 Å². The number of carbonyl (C=O) groups excluding carboxylic acids is 2. The van der Waals surface area contributed by atoms with Gasteiger partial charge >= 0.3 is 11.9 Å². The first-order valence-electron chi connectivity index (χ1n) is 8.93. The van der Waals surface area contributed by atoms with E-state index in [1.54, 1.807) is 19.1 Å². The smallest absolute Gasteiger partial charge is 0.330 e. The topological polar surface area (TPSA) is 80.3 Å². The molecule has 1 aromatic carbocycles. The molecule has 0 radical (unpaired) electrons. The van der Waals surface area contributed by atoms with Crippen LogP contribution in [0.4, 0.5) is 0 Å². The standard InChI is InChI=1S/C21H26O7/c1-7-26-16(23)10-8-9-11-21(4)12-15-13(2)17(27-14(3)22)19(24-5)20(25-6)18(15)28-21/h8-11H,7,12H2,1-6H3/b10-8+,11-9+. The van der Waals surface area contributed by atoms with Crippen LogP contribution >= 0.6 is 0 Å². The van der Waals surface area contributed by atoms with Gasteiger partial charge in [0.1, 0.15) is 5.60 Å². The van der Waals surface area contributed by atoms with Gasteiger partial charge in [-0.1, -0.05) is 12.2 Å². The van der Waals surface area contributed by atoms with Crippen molar-refractivity contribution in [2.75, 3.05) is 20.8 Å². The minimum absolute atomic E-state index is 0.310. The molecule has 1 unspecified atom stereocenters. The Balaban J connectivity index is 2.37. The summed E-state index contributed by atoms with van der Waals surface area (Å²) in [5.41, 5.74) is 0.955. The van der Waals surface area contributed by atoms with Gasteiger partial charge in [0.25, 0.3) is 0 Å². The third-order valence-corrected chi connectivity index (χ3v) is 4.28. The van der Waals surface area contributed by atoms with Crippen molar-refractivity contribution in [3.8, 4) is 23.0 Å². The summed E-state index contributed by atoms with van der Waals surface area (Å²) in [5.74, 6) is 0.706. The normalized spacial score (nSPS) is 18.1. The van der Waals surface area contributed by atoms with Gasteiger partial charge in [0.15, 0.2) is 11.5 Å². The molecule has 0 saturated heterocycles. The molecule has 1 aliphatic heterocycles. The molecule has 1 atom stereocenters. The fourth-order valence-corrected chi connectivity index (χ4v) is 3.08. The van der Waals surface area contributed by atoms with Gasteiger partial charge in [-0.3, -0.25) is 4.79 Å². The second kappa shape index (κ2) is 8.82. The van der Waals surface area contributed by atoms with E-state index in [1.165, 1.54) is 27.2 Å². The van der Waals surface area contributed by atoms with Crippen molar-refractivity contribution < 1.29 is 33.3 Å². The van der Waals surface area contributed by atoms with E-state index in [-0.39, 0.29) is 0 Å². The van der Waals surface area contributed by atoms with Gasteiger partial charge in [0.2, 0.25) is 11.5 Å². The fraction of sp³-hybridized carbons (Fsp3) is 0.429. The molecule has 2 rings (SSSR count). The number of esters is 2. The van der Waals surface area contributed by atoms with E-state index in [0.29, 0.717) is 36.0 Å². The van der Waals surface area contributed by atoms with Crippen LogP contribution in [0.25, 0.3) is 0 Å². The molecule has 0 N–H and O–H groups in total. The Kier molecular flexibility index (Phi) is 6.72. The highest BCUT2D eigenvalue weighted by molar-refractivity contribution is 5.82. The lowest BCUT2D eigenvalue weighted by Gasteiger charge is -2.20. The first-order valence-corrected chi connectivity index (χ1v) is 8.93. The molecule has 7 heteroatoms. The first kappa shape index (κ1) is 21.3. The molecule has 1 aliphatic rings. The number of fused-ring (bicyclic) bond motifs is 1. The number of allylic oxidation sites excluding steroid dienone is 2. The molecule has 1 aromatic rings. The molecule has 152 valence electrons. The minimum atomic E-state index is -0.667. The number of carbonyl (C=O) groups is 2. The maximum absolute atomic E-state index is 11.5. The largest absolute Gasteiger partial charge is 0.490 e. The fourth-order valence-electron chi connectivity index (χ4n) is 3.08. The van der Waals surface area contributed by atoms with E-state index < -0.39 is 17.5 Å². The van der Waals surface area contributed by atoms with Gasteiger partial charge in [-0.15, -0.1) is 0 Å². The molecule has 28 heavy (non-hydrogen) atoms. The Morgan fingerprint density at radius 3 is 2.39 bits per heavy atom. The molecule has 0 aromatic heterocycles. The number of methoxy groups -OCH3 is 2. The summed E-state index contributed by atoms with van der Waals surface area (Å²) in [6.45, 7) is 7.17. The van der Waals surface area contributed by atoms with Crippen LogP contribution in [0.1, 0.15) is 31.9 Å². The van der Waals surface area contributed by atoms with Crippen LogP contribution in [0.5, 0.6) is 23.0 Å². The maximum atomic E-state index is 11.5. The van der Waals surface area contributed by atoms with Crippen LogP contribution in [0.15, 0.2) is 24.3 Å². The van der Waals surface area contributed by atoms with Crippen LogP contribution in [-0.2, 0) is 20.7 Å².